The Morgan fingerprint density at radius 2 is 1.86 bits per heavy atom. The molecule has 0 spiro atoms. The third kappa shape index (κ3) is 5.51. The number of rotatable bonds is 6. The van der Waals surface area contributed by atoms with Crippen molar-refractivity contribution in [2.45, 2.75) is 39.4 Å². The summed E-state index contributed by atoms with van der Waals surface area (Å²) in [6.07, 6.45) is -2.00. The number of carbonyl (C=O) groups is 1. The zero-order valence-electron chi connectivity index (χ0n) is 19.2. The predicted octanol–water partition coefficient (Wildman–Crippen LogP) is 4.50. The Morgan fingerprint density at radius 1 is 1.06 bits per heavy atom. The Morgan fingerprint density at radius 3 is 2.49 bits per heavy atom. The van der Waals surface area contributed by atoms with Crippen molar-refractivity contribution in [3.63, 3.8) is 0 Å². The number of halogens is 3. The van der Waals surface area contributed by atoms with E-state index in [1.165, 1.54) is 6.07 Å². The Bertz CT molecular complexity index is 1330. The predicted molar refractivity (Wildman–Crippen MR) is 122 cm³/mol. The van der Waals surface area contributed by atoms with Gasteiger partial charge in [0.1, 0.15) is 0 Å². The van der Waals surface area contributed by atoms with E-state index in [1.54, 1.807) is 23.0 Å². The van der Waals surface area contributed by atoms with Gasteiger partial charge in [0.2, 0.25) is 0 Å². The van der Waals surface area contributed by atoms with Gasteiger partial charge in [-0.2, -0.15) is 17.9 Å². The number of benzene rings is 1. The molecule has 3 heterocycles. The molecule has 0 fully saturated rings. The zero-order valence-corrected chi connectivity index (χ0v) is 19.2. The fourth-order valence-electron chi connectivity index (χ4n) is 3.36. The van der Waals surface area contributed by atoms with Crippen LogP contribution in [0.1, 0.15) is 52.8 Å². The molecule has 0 atom stereocenters. The third-order valence-corrected chi connectivity index (χ3v) is 5.22. The number of hydrogen-bond acceptors (Lipinski definition) is 6. The summed E-state index contributed by atoms with van der Waals surface area (Å²) in [5, 5.41) is 14.6. The third-order valence-electron chi connectivity index (χ3n) is 5.22. The second kappa shape index (κ2) is 9.61. The van der Waals surface area contributed by atoms with Gasteiger partial charge >= 0.3 is 6.18 Å². The number of tetrazole rings is 1. The van der Waals surface area contributed by atoms with Gasteiger partial charge in [-0.05, 0) is 59.3 Å². The molecular formula is C24H22F3N7O. The second-order valence-corrected chi connectivity index (χ2v) is 8.31. The number of aryl methyl sites for hydroxylation is 1. The van der Waals surface area contributed by atoms with E-state index >= 15 is 0 Å². The van der Waals surface area contributed by atoms with Crippen LogP contribution < -0.4 is 5.32 Å². The lowest BCUT2D eigenvalue weighted by Crippen LogP contribution is -2.24. The minimum absolute atomic E-state index is 0.0363. The van der Waals surface area contributed by atoms with Crippen molar-refractivity contribution in [2.24, 2.45) is 0 Å². The molecular weight excluding hydrogens is 459 g/mol. The smallest absolute Gasteiger partial charge is 0.346 e. The van der Waals surface area contributed by atoms with Crippen molar-refractivity contribution >= 4 is 5.91 Å². The van der Waals surface area contributed by atoms with Gasteiger partial charge in [0, 0.05) is 29.4 Å². The van der Waals surface area contributed by atoms with Crippen LogP contribution in [0.15, 0.2) is 54.9 Å². The summed E-state index contributed by atoms with van der Waals surface area (Å²) >= 11 is 0. The van der Waals surface area contributed by atoms with Crippen molar-refractivity contribution in [1.82, 2.24) is 35.5 Å². The maximum atomic E-state index is 13.0. The first-order valence-electron chi connectivity index (χ1n) is 10.8. The molecule has 0 aliphatic rings. The summed E-state index contributed by atoms with van der Waals surface area (Å²) in [6, 6.07) is 11.1. The highest BCUT2D eigenvalue weighted by Crippen LogP contribution is 2.28. The Hall–Kier alpha value is -4.15. The van der Waals surface area contributed by atoms with Gasteiger partial charge in [0.25, 0.3) is 5.91 Å². The van der Waals surface area contributed by atoms with Crippen LogP contribution >= 0.6 is 0 Å². The van der Waals surface area contributed by atoms with Crippen LogP contribution in [0.4, 0.5) is 13.2 Å². The maximum absolute atomic E-state index is 13.0. The van der Waals surface area contributed by atoms with E-state index in [2.05, 4.69) is 30.8 Å². The average Bonchev–Trinajstić information content (AvgIpc) is 3.33. The van der Waals surface area contributed by atoms with Crippen LogP contribution in [-0.2, 0) is 12.7 Å². The largest absolute Gasteiger partial charge is 0.417 e. The maximum Gasteiger partial charge on any atom is 0.417 e. The van der Waals surface area contributed by atoms with E-state index in [1.807, 2.05) is 39.0 Å². The summed E-state index contributed by atoms with van der Waals surface area (Å²) in [5.41, 5.74) is 2.69. The van der Waals surface area contributed by atoms with Gasteiger partial charge in [-0.25, -0.2) is 0 Å². The number of pyridine rings is 2. The normalized spacial score (nSPS) is 11.6. The summed E-state index contributed by atoms with van der Waals surface area (Å²) in [6.45, 7) is 5.80. The summed E-state index contributed by atoms with van der Waals surface area (Å²) in [5.74, 6) is 0.231. The van der Waals surface area contributed by atoms with E-state index in [4.69, 9.17) is 0 Å². The molecule has 4 aromatic rings. The highest BCUT2D eigenvalue weighted by atomic mass is 19.4. The van der Waals surface area contributed by atoms with E-state index < -0.39 is 17.6 Å². The lowest BCUT2D eigenvalue weighted by molar-refractivity contribution is -0.137. The van der Waals surface area contributed by atoms with Crippen molar-refractivity contribution in [1.29, 1.82) is 0 Å². The first-order chi connectivity index (χ1) is 16.6. The molecule has 0 unspecified atom stereocenters. The molecule has 4 rings (SSSR count). The van der Waals surface area contributed by atoms with Crippen LogP contribution in [0, 0.1) is 6.92 Å². The fourth-order valence-corrected chi connectivity index (χ4v) is 3.36. The zero-order chi connectivity index (χ0) is 25.2. The molecule has 0 bridgehead atoms. The molecule has 35 heavy (non-hydrogen) atoms. The number of nitrogens with one attached hydrogen (secondary N) is 1. The Balaban J connectivity index is 1.65. The molecule has 0 aliphatic heterocycles. The van der Waals surface area contributed by atoms with Crippen LogP contribution in [0.25, 0.3) is 16.9 Å². The molecule has 0 radical (unpaired) electrons. The van der Waals surface area contributed by atoms with E-state index in [0.29, 0.717) is 34.0 Å². The molecule has 1 amide bonds. The number of nitrogens with zero attached hydrogens (tertiary/aromatic N) is 6. The van der Waals surface area contributed by atoms with Gasteiger partial charge in [-0.1, -0.05) is 19.9 Å². The van der Waals surface area contributed by atoms with Crippen LogP contribution in [0.3, 0.4) is 0 Å². The van der Waals surface area contributed by atoms with Crippen LogP contribution in [-0.4, -0.2) is 36.1 Å². The molecule has 0 saturated carbocycles. The molecule has 3 aromatic heterocycles. The van der Waals surface area contributed by atoms with E-state index in [-0.39, 0.29) is 12.5 Å². The fraction of sp³-hybridized carbons (Fsp3) is 0.250. The highest BCUT2D eigenvalue weighted by Gasteiger charge is 2.30. The molecule has 0 aliphatic carbocycles. The van der Waals surface area contributed by atoms with Crippen molar-refractivity contribution < 1.29 is 18.0 Å². The molecule has 0 saturated heterocycles. The van der Waals surface area contributed by atoms with E-state index in [9.17, 15) is 18.0 Å². The van der Waals surface area contributed by atoms with Gasteiger partial charge in [-0.15, -0.1) is 5.10 Å². The standard InChI is InChI=1S/C24H22F3N7O/c1-14(2)22-31-32-33-34(22)20-9-16(21-7-4-15(3)11-29-21)8-17(10-20)23(35)30-13-19-6-5-18(12-28-19)24(25,26)27/h4-12,14H,13H2,1-3H3,(H,30,35). The minimum Gasteiger partial charge on any atom is -0.346 e. The first kappa shape index (κ1) is 24.0. The lowest BCUT2D eigenvalue weighted by Gasteiger charge is -2.12. The summed E-state index contributed by atoms with van der Waals surface area (Å²) < 4.78 is 39.8. The van der Waals surface area contributed by atoms with Crippen molar-refractivity contribution in [3.8, 4) is 16.9 Å². The molecule has 8 nitrogen and oxygen atoms in total. The van der Waals surface area contributed by atoms with Gasteiger partial charge < -0.3 is 5.32 Å². The number of alkyl halides is 3. The molecule has 11 heteroatoms. The molecule has 180 valence electrons. The monoisotopic (exact) mass is 481 g/mol. The van der Waals surface area contributed by atoms with Crippen molar-refractivity contribution in [2.75, 3.05) is 0 Å². The first-order valence-corrected chi connectivity index (χ1v) is 10.8. The minimum atomic E-state index is -4.47. The highest BCUT2D eigenvalue weighted by molar-refractivity contribution is 5.96. The lowest BCUT2D eigenvalue weighted by atomic mass is 10.0. The summed E-state index contributed by atoms with van der Waals surface area (Å²) in [7, 11) is 0. The topological polar surface area (TPSA) is 98.5 Å². The average molecular weight is 481 g/mol. The Kier molecular flexibility index (Phi) is 6.59. The summed E-state index contributed by atoms with van der Waals surface area (Å²) in [4.78, 5) is 21.3. The molecule has 1 N–H and O–H groups in total. The van der Waals surface area contributed by atoms with Gasteiger partial charge in [0.15, 0.2) is 5.82 Å². The van der Waals surface area contributed by atoms with Gasteiger partial charge in [0.05, 0.1) is 29.2 Å². The van der Waals surface area contributed by atoms with Gasteiger partial charge in [-0.3, -0.25) is 14.8 Å². The quantitative estimate of drug-likeness (QED) is 0.436. The van der Waals surface area contributed by atoms with Crippen LogP contribution in [0.2, 0.25) is 0 Å². The number of aromatic nitrogens is 6. The number of amides is 1. The second-order valence-electron chi connectivity index (χ2n) is 8.31. The molecule has 1 aromatic carbocycles. The van der Waals surface area contributed by atoms with Crippen molar-refractivity contribution in [3.05, 3.63) is 83.1 Å². The number of hydrogen-bond donors (Lipinski definition) is 1. The Labute approximate surface area is 199 Å². The van der Waals surface area contributed by atoms with E-state index in [0.717, 1.165) is 17.8 Å². The van der Waals surface area contributed by atoms with Crippen LogP contribution in [0.5, 0.6) is 0 Å². The SMILES string of the molecule is Cc1ccc(-c2cc(C(=O)NCc3ccc(C(F)(F)F)cn3)cc(-n3nnnc3C(C)C)c2)nc1. The number of carbonyl (C=O) groups excluding carboxylic acids is 1.